The van der Waals surface area contributed by atoms with Gasteiger partial charge in [-0.3, -0.25) is 0 Å². The van der Waals surface area contributed by atoms with Gasteiger partial charge < -0.3 is 0 Å². The number of rotatable bonds is 1. The van der Waals surface area contributed by atoms with Crippen LogP contribution >= 0.6 is 11.6 Å². The highest BCUT2D eigenvalue weighted by Crippen LogP contribution is 2.14. The van der Waals surface area contributed by atoms with Crippen molar-refractivity contribution in [3.63, 3.8) is 0 Å². The van der Waals surface area contributed by atoms with Crippen molar-refractivity contribution in [1.82, 2.24) is 0 Å². The molecule has 1 aromatic rings. The van der Waals surface area contributed by atoms with Gasteiger partial charge in [-0.25, -0.2) is 0 Å². The van der Waals surface area contributed by atoms with Gasteiger partial charge in [0.05, 0.1) is 0 Å². The second-order valence-corrected chi connectivity index (χ2v) is 2.70. The van der Waals surface area contributed by atoms with Gasteiger partial charge in [0.1, 0.15) is 0 Å². The molecular formula is C9H9Cl. The molecule has 10 heavy (non-hydrogen) atoms. The minimum Gasteiger partial charge on any atom is -0.0985 e. The Labute approximate surface area is 66.1 Å². The van der Waals surface area contributed by atoms with Crippen molar-refractivity contribution >= 4 is 17.7 Å². The summed E-state index contributed by atoms with van der Waals surface area (Å²) in [5.74, 6) is 0. The maximum absolute atomic E-state index is 5.78. The third kappa shape index (κ3) is 1.61. The summed E-state index contributed by atoms with van der Waals surface area (Å²) < 4.78 is 0. The second-order valence-electron chi connectivity index (χ2n) is 2.27. The van der Waals surface area contributed by atoms with Crippen LogP contribution in [0.15, 0.2) is 24.8 Å². The van der Waals surface area contributed by atoms with E-state index in [4.69, 9.17) is 11.6 Å². The van der Waals surface area contributed by atoms with Crippen LogP contribution < -0.4 is 0 Å². The van der Waals surface area contributed by atoms with Crippen LogP contribution in [0.25, 0.3) is 6.08 Å². The minimum atomic E-state index is 0.773. The van der Waals surface area contributed by atoms with Crippen molar-refractivity contribution in [2.45, 2.75) is 6.92 Å². The Morgan fingerprint density at radius 3 is 2.60 bits per heavy atom. The van der Waals surface area contributed by atoms with E-state index in [0.29, 0.717) is 0 Å². The van der Waals surface area contributed by atoms with Gasteiger partial charge in [0.25, 0.3) is 0 Å². The molecule has 0 heterocycles. The van der Waals surface area contributed by atoms with Gasteiger partial charge in [0, 0.05) is 5.02 Å². The molecule has 0 aliphatic heterocycles. The first kappa shape index (κ1) is 7.36. The van der Waals surface area contributed by atoms with E-state index < -0.39 is 0 Å². The Hall–Kier alpha value is -0.750. The van der Waals surface area contributed by atoms with Crippen molar-refractivity contribution in [1.29, 1.82) is 0 Å². The summed E-state index contributed by atoms with van der Waals surface area (Å²) in [6, 6.07) is 5.86. The lowest BCUT2D eigenvalue weighted by atomic mass is 10.1. The first-order valence-electron chi connectivity index (χ1n) is 3.12. The first-order chi connectivity index (χ1) is 4.72. The van der Waals surface area contributed by atoms with E-state index in [-0.39, 0.29) is 0 Å². The molecule has 52 valence electrons. The molecule has 0 spiro atoms. The first-order valence-corrected chi connectivity index (χ1v) is 3.50. The lowest BCUT2D eigenvalue weighted by molar-refractivity contribution is 1.46. The molecule has 0 N–H and O–H groups in total. The molecule has 0 aliphatic rings. The average molecular weight is 153 g/mol. The molecule has 0 nitrogen and oxygen atoms in total. The summed E-state index contributed by atoms with van der Waals surface area (Å²) in [4.78, 5) is 0. The predicted molar refractivity (Wildman–Crippen MR) is 46.3 cm³/mol. The number of hydrogen-bond acceptors (Lipinski definition) is 0. The molecule has 1 rings (SSSR count). The highest BCUT2D eigenvalue weighted by atomic mass is 35.5. The largest absolute Gasteiger partial charge is 0.0985 e. The summed E-state index contributed by atoms with van der Waals surface area (Å²) in [6.07, 6.45) is 1.79. The summed E-state index contributed by atoms with van der Waals surface area (Å²) in [7, 11) is 0. The SMILES string of the molecule is C=Cc1cc(C)cc(Cl)c1. The molecule has 0 bridgehead atoms. The molecule has 0 aliphatic carbocycles. The molecule has 0 unspecified atom stereocenters. The highest BCUT2D eigenvalue weighted by Gasteiger charge is 1.90. The van der Waals surface area contributed by atoms with E-state index in [1.807, 2.05) is 25.1 Å². The van der Waals surface area contributed by atoms with Crippen LogP contribution in [-0.4, -0.2) is 0 Å². The van der Waals surface area contributed by atoms with Gasteiger partial charge in [0.2, 0.25) is 0 Å². The molecule has 0 aromatic heterocycles. The lowest BCUT2D eigenvalue weighted by Gasteiger charge is -1.96. The van der Waals surface area contributed by atoms with Crippen LogP contribution in [0.4, 0.5) is 0 Å². The maximum atomic E-state index is 5.78. The third-order valence-corrected chi connectivity index (χ3v) is 1.52. The molecular weight excluding hydrogens is 144 g/mol. The predicted octanol–water partition coefficient (Wildman–Crippen LogP) is 3.29. The average Bonchev–Trinajstić information content (AvgIpc) is 1.85. The Morgan fingerprint density at radius 2 is 2.10 bits per heavy atom. The number of benzene rings is 1. The zero-order valence-electron chi connectivity index (χ0n) is 5.89. The van der Waals surface area contributed by atoms with E-state index in [2.05, 4.69) is 6.58 Å². The second kappa shape index (κ2) is 2.89. The monoisotopic (exact) mass is 152 g/mol. The smallest absolute Gasteiger partial charge is 0.0414 e. The summed E-state index contributed by atoms with van der Waals surface area (Å²) in [5, 5.41) is 0.773. The lowest BCUT2D eigenvalue weighted by Crippen LogP contribution is -1.75. The van der Waals surface area contributed by atoms with Crippen molar-refractivity contribution in [3.8, 4) is 0 Å². The number of aryl methyl sites for hydroxylation is 1. The minimum absolute atomic E-state index is 0.773. The van der Waals surface area contributed by atoms with E-state index in [0.717, 1.165) is 10.6 Å². The molecule has 0 radical (unpaired) electrons. The summed E-state index contributed by atoms with van der Waals surface area (Å²) in [6.45, 7) is 5.67. The molecule has 0 saturated carbocycles. The number of hydrogen-bond donors (Lipinski definition) is 0. The third-order valence-electron chi connectivity index (χ3n) is 1.30. The Morgan fingerprint density at radius 1 is 1.40 bits per heavy atom. The van der Waals surface area contributed by atoms with E-state index in [1.54, 1.807) is 6.08 Å². The Balaban J connectivity index is 3.18. The van der Waals surface area contributed by atoms with Gasteiger partial charge in [0.15, 0.2) is 0 Å². The number of halogens is 1. The van der Waals surface area contributed by atoms with Gasteiger partial charge in [-0.05, 0) is 30.2 Å². The van der Waals surface area contributed by atoms with Crippen LogP contribution in [0, 0.1) is 6.92 Å². The fourth-order valence-electron chi connectivity index (χ4n) is 0.882. The molecule has 1 aromatic carbocycles. The zero-order valence-corrected chi connectivity index (χ0v) is 6.65. The molecule has 0 saturated heterocycles. The quantitative estimate of drug-likeness (QED) is 0.580. The fourth-order valence-corrected chi connectivity index (χ4v) is 1.18. The van der Waals surface area contributed by atoms with E-state index in [9.17, 15) is 0 Å². The summed E-state index contributed by atoms with van der Waals surface area (Å²) in [5.41, 5.74) is 2.24. The zero-order chi connectivity index (χ0) is 7.56. The van der Waals surface area contributed by atoms with Gasteiger partial charge in [-0.1, -0.05) is 30.3 Å². The van der Waals surface area contributed by atoms with Crippen LogP contribution in [0.2, 0.25) is 5.02 Å². The van der Waals surface area contributed by atoms with Crippen LogP contribution in [0.3, 0.4) is 0 Å². The topological polar surface area (TPSA) is 0 Å². The van der Waals surface area contributed by atoms with Crippen LogP contribution in [0.5, 0.6) is 0 Å². The summed E-state index contributed by atoms with van der Waals surface area (Å²) >= 11 is 5.78. The molecule has 0 atom stereocenters. The maximum Gasteiger partial charge on any atom is 0.0414 e. The fraction of sp³-hybridized carbons (Fsp3) is 0.111. The van der Waals surface area contributed by atoms with Crippen molar-refractivity contribution in [2.75, 3.05) is 0 Å². The van der Waals surface area contributed by atoms with E-state index in [1.165, 1.54) is 5.56 Å². The Kier molecular flexibility index (Phi) is 2.13. The standard InChI is InChI=1S/C9H9Cl/c1-3-8-4-7(2)5-9(10)6-8/h3-6H,1H2,2H3. The molecule has 1 heteroatoms. The van der Waals surface area contributed by atoms with Gasteiger partial charge >= 0.3 is 0 Å². The van der Waals surface area contributed by atoms with E-state index >= 15 is 0 Å². The Bertz CT molecular complexity index is 231. The van der Waals surface area contributed by atoms with Gasteiger partial charge in [-0.2, -0.15) is 0 Å². The highest BCUT2D eigenvalue weighted by molar-refractivity contribution is 6.30. The molecule has 0 amide bonds. The van der Waals surface area contributed by atoms with Gasteiger partial charge in [-0.15, -0.1) is 0 Å². The van der Waals surface area contributed by atoms with Crippen LogP contribution in [0.1, 0.15) is 11.1 Å². The van der Waals surface area contributed by atoms with Crippen molar-refractivity contribution < 1.29 is 0 Å². The molecule has 0 fully saturated rings. The van der Waals surface area contributed by atoms with Crippen molar-refractivity contribution in [3.05, 3.63) is 40.9 Å². The van der Waals surface area contributed by atoms with Crippen molar-refractivity contribution in [2.24, 2.45) is 0 Å². The van der Waals surface area contributed by atoms with Crippen LogP contribution in [-0.2, 0) is 0 Å². The normalized spacial score (nSPS) is 9.40.